The van der Waals surface area contributed by atoms with Gasteiger partial charge in [0.25, 0.3) is 0 Å². The maximum atomic E-state index is 4.26. The largest absolute Gasteiger partial charge is 0.353 e. The molecular formula is C13H19IN4. The van der Waals surface area contributed by atoms with Gasteiger partial charge in [0, 0.05) is 19.3 Å². The number of hydrogen-bond acceptors (Lipinski definition) is 2. The Hall–Kier alpha value is -1.11. The van der Waals surface area contributed by atoms with Crippen LogP contribution in [0.1, 0.15) is 18.5 Å². The van der Waals surface area contributed by atoms with E-state index in [4.69, 9.17) is 0 Å². The van der Waals surface area contributed by atoms with E-state index in [-0.39, 0.29) is 24.0 Å². The van der Waals surface area contributed by atoms with Crippen molar-refractivity contribution in [1.29, 1.82) is 0 Å². The minimum Gasteiger partial charge on any atom is -0.353 e. The minimum atomic E-state index is 0. The Labute approximate surface area is 125 Å². The molecule has 0 unspecified atom stereocenters. The van der Waals surface area contributed by atoms with Gasteiger partial charge in [0.1, 0.15) is 0 Å². The van der Waals surface area contributed by atoms with Gasteiger partial charge in [-0.05, 0) is 25.0 Å². The Kier molecular flexibility index (Phi) is 6.70. The SMILES string of the molecule is CN=C(NCc1ccccn1)NC1CC=CC1.I. The number of aromatic nitrogens is 1. The molecule has 0 saturated carbocycles. The summed E-state index contributed by atoms with van der Waals surface area (Å²) in [4.78, 5) is 8.46. The summed E-state index contributed by atoms with van der Waals surface area (Å²) in [5, 5.41) is 6.65. The first-order valence-electron chi connectivity index (χ1n) is 5.90. The van der Waals surface area contributed by atoms with Crippen molar-refractivity contribution in [2.45, 2.75) is 25.4 Å². The van der Waals surface area contributed by atoms with Crippen molar-refractivity contribution >= 4 is 29.9 Å². The summed E-state index contributed by atoms with van der Waals surface area (Å²) in [5.74, 6) is 0.837. The molecule has 1 aromatic rings. The molecule has 0 aliphatic heterocycles. The number of rotatable bonds is 3. The third-order valence-corrected chi connectivity index (χ3v) is 2.74. The summed E-state index contributed by atoms with van der Waals surface area (Å²) in [6.45, 7) is 0.695. The minimum absolute atomic E-state index is 0. The van der Waals surface area contributed by atoms with E-state index in [1.807, 2.05) is 18.2 Å². The molecule has 0 amide bonds. The molecule has 0 spiro atoms. The van der Waals surface area contributed by atoms with Crippen molar-refractivity contribution in [2.75, 3.05) is 7.05 Å². The molecule has 1 aliphatic rings. The Morgan fingerprint density at radius 3 is 2.78 bits per heavy atom. The first-order valence-corrected chi connectivity index (χ1v) is 5.90. The molecule has 0 fully saturated rings. The molecule has 98 valence electrons. The van der Waals surface area contributed by atoms with Crippen LogP contribution in [-0.4, -0.2) is 24.0 Å². The Morgan fingerprint density at radius 1 is 1.39 bits per heavy atom. The second kappa shape index (κ2) is 8.07. The second-order valence-electron chi connectivity index (χ2n) is 4.03. The van der Waals surface area contributed by atoms with Gasteiger partial charge in [-0.25, -0.2) is 0 Å². The standard InChI is InChI=1S/C13H18N4.HI/c1-14-13(17-11-6-2-3-7-11)16-10-12-8-4-5-9-15-12;/h2-5,8-9,11H,6-7,10H2,1H3,(H2,14,16,17);1H. The number of nitrogens with one attached hydrogen (secondary N) is 2. The van der Waals surface area contributed by atoms with E-state index in [0.29, 0.717) is 12.6 Å². The molecule has 0 radical (unpaired) electrons. The van der Waals surface area contributed by atoms with Gasteiger partial charge in [0.15, 0.2) is 5.96 Å². The molecule has 0 atom stereocenters. The highest BCUT2D eigenvalue weighted by molar-refractivity contribution is 14.0. The lowest BCUT2D eigenvalue weighted by molar-refractivity contribution is 0.632. The summed E-state index contributed by atoms with van der Waals surface area (Å²) >= 11 is 0. The number of hydrogen-bond donors (Lipinski definition) is 2. The number of halogens is 1. The molecule has 5 heteroatoms. The molecule has 0 saturated heterocycles. The van der Waals surface area contributed by atoms with Gasteiger partial charge in [-0.2, -0.15) is 0 Å². The van der Waals surface area contributed by atoms with E-state index in [1.54, 1.807) is 13.2 Å². The van der Waals surface area contributed by atoms with Gasteiger partial charge >= 0.3 is 0 Å². The van der Waals surface area contributed by atoms with Crippen molar-refractivity contribution < 1.29 is 0 Å². The topological polar surface area (TPSA) is 49.3 Å². The van der Waals surface area contributed by atoms with Crippen LogP contribution >= 0.6 is 24.0 Å². The Morgan fingerprint density at radius 2 is 2.17 bits per heavy atom. The van der Waals surface area contributed by atoms with Crippen molar-refractivity contribution in [3.8, 4) is 0 Å². The smallest absolute Gasteiger partial charge is 0.191 e. The fraction of sp³-hybridized carbons (Fsp3) is 0.385. The lowest BCUT2D eigenvalue weighted by Crippen LogP contribution is -2.42. The highest BCUT2D eigenvalue weighted by atomic mass is 127. The number of aliphatic imine (C=N–C) groups is 1. The summed E-state index contributed by atoms with van der Waals surface area (Å²) in [5.41, 5.74) is 1.01. The molecule has 18 heavy (non-hydrogen) atoms. The van der Waals surface area contributed by atoms with Crippen LogP contribution in [0.5, 0.6) is 0 Å². The van der Waals surface area contributed by atoms with E-state index >= 15 is 0 Å². The number of guanidine groups is 1. The van der Waals surface area contributed by atoms with Crippen LogP contribution in [0.25, 0.3) is 0 Å². The van der Waals surface area contributed by atoms with Gasteiger partial charge < -0.3 is 10.6 Å². The van der Waals surface area contributed by atoms with Crippen LogP contribution in [-0.2, 0) is 6.54 Å². The molecule has 2 rings (SSSR count). The molecule has 2 N–H and O–H groups in total. The van der Waals surface area contributed by atoms with E-state index < -0.39 is 0 Å². The fourth-order valence-electron chi connectivity index (χ4n) is 1.80. The first kappa shape index (κ1) is 14.9. The monoisotopic (exact) mass is 358 g/mol. The lowest BCUT2D eigenvalue weighted by Gasteiger charge is -2.16. The average molecular weight is 358 g/mol. The number of nitrogens with zero attached hydrogens (tertiary/aromatic N) is 2. The predicted octanol–water partition coefficient (Wildman–Crippen LogP) is 2.08. The van der Waals surface area contributed by atoms with Crippen LogP contribution in [0.4, 0.5) is 0 Å². The molecule has 1 aliphatic carbocycles. The van der Waals surface area contributed by atoms with Crippen molar-refractivity contribution in [2.24, 2.45) is 4.99 Å². The number of pyridine rings is 1. The van der Waals surface area contributed by atoms with E-state index in [9.17, 15) is 0 Å². The average Bonchev–Trinajstić information content (AvgIpc) is 2.88. The van der Waals surface area contributed by atoms with E-state index in [1.165, 1.54) is 0 Å². The van der Waals surface area contributed by atoms with Crippen molar-refractivity contribution in [3.63, 3.8) is 0 Å². The Balaban J connectivity index is 0.00000162. The van der Waals surface area contributed by atoms with Gasteiger partial charge in [0.05, 0.1) is 12.2 Å². The Bertz CT molecular complexity index is 395. The summed E-state index contributed by atoms with van der Waals surface area (Å²) in [7, 11) is 1.79. The van der Waals surface area contributed by atoms with Crippen LogP contribution in [0.2, 0.25) is 0 Å². The van der Waals surface area contributed by atoms with Crippen LogP contribution in [0.15, 0.2) is 41.5 Å². The normalized spacial score (nSPS) is 15.3. The third kappa shape index (κ3) is 4.64. The quantitative estimate of drug-likeness (QED) is 0.377. The molecule has 1 heterocycles. The summed E-state index contributed by atoms with van der Waals surface area (Å²) < 4.78 is 0. The predicted molar refractivity (Wildman–Crippen MR) is 85.1 cm³/mol. The van der Waals surface area contributed by atoms with Crippen molar-refractivity contribution in [1.82, 2.24) is 15.6 Å². The zero-order valence-corrected chi connectivity index (χ0v) is 12.8. The summed E-state index contributed by atoms with van der Waals surface area (Å²) in [6.07, 6.45) is 8.34. The van der Waals surface area contributed by atoms with Crippen molar-refractivity contribution in [3.05, 3.63) is 42.2 Å². The highest BCUT2D eigenvalue weighted by Gasteiger charge is 2.11. The molecular weight excluding hydrogens is 339 g/mol. The fourth-order valence-corrected chi connectivity index (χ4v) is 1.80. The van der Waals surface area contributed by atoms with Gasteiger partial charge in [-0.15, -0.1) is 24.0 Å². The molecule has 4 nitrogen and oxygen atoms in total. The summed E-state index contributed by atoms with van der Waals surface area (Å²) in [6, 6.07) is 6.38. The molecule has 0 aromatic carbocycles. The van der Waals surface area contributed by atoms with Gasteiger partial charge in [-0.1, -0.05) is 18.2 Å². The maximum absolute atomic E-state index is 4.26. The molecule has 0 bridgehead atoms. The highest BCUT2D eigenvalue weighted by Crippen LogP contribution is 2.08. The van der Waals surface area contributed by atoms with Gasteiger partial charge in [0.2, 0.25) is 0 Å². The van der Waals surface area contributed by atoms with Crippen LogP contribution in [0, 0.1) is 0 Å². The zero-order valence-electron chi connectivity index (χ0n) is 10.5. The second-order valence-corrected chi connectivity index (χ2v) is 4.03. The van der Waals surface area contributed by atoms with Crippen LogP contribution in [0.3, 0.4) is 0 Å². The third-order valence-electron chi connectivity index (χ3n) is 2.74. The van der Waals surface area contributed by atoms with E-state index in [0.717, 1.165) is 24.5 Å². The van der Waals surface area contributed by atoms with Crippen LogP contribution < -0.4 is 10.6 Å². The maximum Gasteiger partial charge on any atom is 0.191 e. The first-order chi connectivity index (χ1) is 8.38. The zero-order chi connectivity index (χ0) is 11.9. The lowest BCUT2D eigenvalue weighted by atomic mass is 10.2. The molecule has 1 aromatic heterocycles. The van der Waals surface area contributed by atoms with Gasteiger partial charge in [-0.3, -0.25) is 9.98 Å². The van der Waals surface area contributed by atoms with E-state index in [2.05, 4.69) is 32.8 Å².